The number of benzene rings is 3. The second-order valence-corrected chi connectivity index (χ2v) is 11.4. The van der Waals surface area contributed by atoms with E-state index in [1.807, 2.05) is 0 Å². The highest BCUT2D eigenvalue weighted by Crippen LogP contribution is 2.19. The summed E-state index contributed by atoms with van der Waals surface area (Å²) >= 11 is 0. The predicted octanol–water partition coefficient (Wildman–Crippen LogP) is 11.4. The fourth-order valence-corrected chi connectivity index (χ4v) is 5.14. The third-order valence-corrected chi connectivity index (χ3v) is 7.82. The number of aryl methyl sites for hydroxylation is 2. The summed E-state index contributed by atoms with van der Waals surface area (Å²) in [5, 5.41) is 0. The normalized spacial score (nSPS) is 11.1. The van der Waals surface area contributed by atoms with Gasteiger partial charge in [-0.15, -0.1) is 0 Å². The Hall–Kier alpha value is -2.74. The molecule has 0 atom stereocenters. The van der Waals surface area contributed by atoms with E-state index >= 15 is 0 Å². The summed E-state index contributed by atoms with van der Waals surface area (Å²) in [6, 6.07) is 25.9. The van der Waals surface area contributed by atoms with E-state index in [4.69, 9.17) is 9.47 Å². The third kappa shape index (κ3) is 13.6. The van der Waals surface area contributed by atoms with Crippen LogP contribution in [0.4, 0.5) is 0 Å². The number of rotatable bonds is 22. The van der Waals surface area contributed by atoms with Crippen molar-refractivity contribution in [1.82, 2.24) is 0 Å². The van der Waals surface area contributed by atoms with Crippen LogP contribution < -0.4 is 9.47 Å². The standard InChI is InChI=1S/C38H54O2/c1-3-5-7-9-11-13-15-17-33-23-27-37(28-24-33)39-31-35-19-21-36(22-20-35)32-40-38-29-25-34(26-30-38)18-16-14-12-10-8-6-4-2/h19-30H,3-18,31-32H2,1-2H3. The van der Waals surface area contributed by atoms with E-state index in [-0.39, 0.29) is 0 Å². The zero-order valence-electron chi connectivity index (χ0n) is 25.5. The zero-order chi connectivity index (χ0) is 28.1. The number of hydrogen-bond donors (Lipinski definition) is 0. The molecule has 0 N–H and O–H groups in total. The van der Waals surface area contributed by atoms with Crippen molar-refractivity contribution in [1.29, 1.82) is 0 Å². The minimum Gasteiger partial charge on any atom is -0.489 e. The first kappa shape index (κ1) is 31.8. The summed E-state index contributed by atoms with van der Waals surface area (Å²) in [6.07, 6.45) is 21.3. The van der Waals surface area contributed by atoms with Crippen LogP contribution in [0.15, 0.2) is 72.8 Å². The Balaban J connectivity index is 1.28. The van der Waals surface area contributed by atoms with E-state index in [9.17, 15) is 0 Å². The number of ether oxygens (including phenoxy) is 2. The molecule has 0 fully saturated rings. The van der Waals surface area contributed by atoms with Crippen LogP contribution in [0.3, 0.4) is 0 Å². The average Bonchev–Trinajstić information content (AvgIpc) is 3.00. The highest BCUT2D eigenvalue weighted by Gasteiger charge is 2.02. The molecule has 0 heterocycles. The molecule has 0 amide bonds. The van der Waals surface area contributed by atoms with Gasteiger partial charge in [0.15, 0.2) is 0 Å². The molecule has 3 rings (SSSR count). The van der Waals surface area contributed by atoms with E-state index in [0.717, 1.165) is 11.5 Å². The third-order valence-electron chi connectivity index (χ3n) is 7.82. The SMILES string of the molecule is CCCCCCCCCc1ccc(OCc2ccc(COc3ccc(CCCCCCCCC)cc3)cc2)cc1. The first-order valence-corrected chi connectivity index (χ1v) is 16.3. The molecule has 40 heavy (non-hydrogen) atoms. The lowest BCUT2D eigenvalue weighted by Crippen LogP contribution is -1.98. The van der Waals surface area contributed by atoms with Gasteiger partial charge in [-0.25, -0.2) is 0 Å². The lowest BCUT2D eigenvalue weighted by atomic mass is 10.0. The second kappa shape index (κ2) is 20.2. The molecule has 3 aromatic carbocycles. The summed E-state index contributed by atoms with van der Waals surface area (Å²) in [7, 11) is 0. The van der Waals surface area contributed by atoms with Crippen LogP contribution in [-0.2, 0) is 26.1 Å². The lowest BCUT2D eigenvalue weighted by Gasteiger charge is -2.10. The molecule has 0 radical (unpaired) electrons. The Kier molecular flexibility index (Phi) is 16.0. The Morgan fingerprint density at radius 2 is 0.650 bits per heavy atom. The summed E-state index contributed by atoms with van der Waals surface area (Å²) in [6.45, 7) is 5.72. The number of hydrogen-bond acceptors (Lipinski definition) is 2. The molecular weight excluding hydrogens is 488 g/mol. The van der Waals surface area contributed by atoms with Gasteiger partial charge >= 0.3 is 0 Å². The van der Waals surface area contributed by atoms with Gasteiger partial charge in [-0.3, -0.25) is 0 Å². The molecule has 0 aromatic heterocycles. The van der Waals surface area contributed by atoms with Crippen molar-refractivity contribution in [3.05, 3.63) is 95.1 Å². The number of unbranched alkanes of at least 4 members (excludes halogenated alkanes) is 12. The summed E-state index contributed by atoms with van der Waals surface area (Å²) in [5.41, 5.74) is 5.16. The van der Waals surface area contributed by atoms with Gasteiger partial charge in [0, 0.05) is 0 Å². The lowest BCUT2D eigenvalue weighted by molar-refractivity contribution is 0.302. The maximum absolute atomic E-state index is 6.03. The molecule has 0 aliphatic rings. The molecule has 3 aromatic rings. The van der Waals surface area contributed by atoms with Crippen LogP contribution in [0.25, 0.3) is 0 Å². The maximum atomic E-state index is 6.03. The van der Waals surface area contributed by atoms with Crippen LogP contribution in [-0.4, -0.2) is 0 Å². The van der Waals surface area contributed by atoms with E-state index in [1.165, 1.54) is 125 Å². The Morgan fingerprint density at radius 1 is 0.350 bits per heavy atom. The van der Waals surface area contributed by atoms with Crippen molar-refractivity contribution in [2.24, 2.45) is 0 Å². The van der Waals surface area contributed by atoms with Gasteiger partial charge in [0.25, 0.3) is 0 Å². The molecule has 0 unspecified atom stereocenters. The average molecular weight is 543 g/mol. The topological polar surface area (TPSA) is 18.5 Å². The molecule has 0 spiro atoms. The van der Waals surface area contributed by atoms with Crippen molar-refractivity contribution in [3.8, 4) is 11.5 Å². The second-order valence-electron chi connectivity index (χ2n) is 11.4. The van der Waals surface area contributed by atoms with Crippen LogP contribution >= 0.6 is 0 Å². The van der Waals surface area contributed by atoms with Crippen LogP contribution in [0, 0.1) is 0 Å². The highest BCUT2D eigenvalue weighted by molar-refractivity contribution is 5.30. The van der Waals surface area contributed by atoms with Crippen molar-refractivity contribution >= 4 is 0 Å². The van der Waals surface area contributed by atoms with Crippen LogP contribution in [0.2, 0.25) is 0 Å². The molecular formula is C38H54O2. The molecule has 2 nitrogen and oxygen atoms in total. The molecule has 0 aliphatic carbocycles. The van der Waals surface area contributed by atoms with E-state index in [2.05, 4.69) is 86.6 Å². The smallest absolute Gasteiger partial charge is 0.119 e. The first-order valence-electron chi connectivity index (χ1n) is 16.3. The highest BCUT2D eigenvalue weighted by atomic mass is 16.5. The van der Waals surface area contributed by atoms with Crippen molar-refractivity contribution in [2.45, 2.75) is 130 Å². The monoisotopic (exact) mass is 542 g/mol. The Labute approximate surface area is 245 Å². The van der Waals surface area contributed by atoms with Gasteiger partial charge in [0.1, 0.15) is 24.7 Å². The minimum atomic E-state index is 0.582. The van der Waals surface area contributed by atoms with E-state index in [0.29, 0.717) is 13.2 Å². The zero-order valence-corrected chi connectivity index (χ0v) is 25.5. The first-order chi connectivity index (χ1) is 19.8. The maximum Gasteiger partial charge on any atom is 0.119 e. The molecule has 0 bridgehead atoms. The largest absolute Gasteiger partial charge is 0.489 e. The summed E-state index contributed by atoms with van der Waals surface area (Å²) in [5.74, 6) is 1.87. The molecule has 218 valence electrons. The van der Waals surface area contributed by atoms with Gasteiger partial charge in [-0.05, 0) is 72.2 Å². The predicted molar refractivity (Wildman–Crippen MR) is 171 cm³/mol. The van der Waals surface area contributed by atoms with E-state index in [1.54, 1.807) is 0 Å². The molecule has 0 saturated heterocycles. The van der Waals surface area contributed by atoms with Crippen LogP contribution in [0.5, 0.6) is 11.5 Å². The van der Waals surface area contributed by atoms with Crippen molar-refractivity contribution < 1.29 is 9.47 Å². The van der Waals surface area contributed by atoms with Crippen LogP contribution in [0.1, 0.15) is 126 Å². The van der Waals surface area contributed by atoms with Gasteiger partial charge in [-0.1, -0.05) is 139 Å². The summed E-state index contributed by atoms with van der Waals surface area (Å²) < 4.78 is 12.1. The Bertz CT molecular complexity index is 920. The minimum absolute atomic E-state index is 0.582. The fourth-order valence-electron chi connectivity index (χ4n) is 5.14. The van der Waals surface area contributed by atoms with E-state index < -0.39 is 0 Å². The van der Waals surface area contributed by atoms with Gasteiger partial charge in [0.2, 0.25) is 0 Å². The fraction of sp³-hybridized carbons (Fsp3) is 0.526. The van der Waals surface area contributed by atoms with Crippen molar-refractivity contribution in [2.75, 3.05) is 0 Å². The van der Waals surface area contributed by atoms with Gasteiger partial charge < -0.3 is 9.47 Å². The van der Waals surface area contributed by atoms with Gasteiger partial charge in [-0.2, -0.15) is 0 Å². The molecule has 2 heteroatoms. The molecule has 0 saturated carbocycles. The van der Waals surface area contributed by atoms with Crippen molar-refractivity contribution in [3.63, 3.8) is 0 Å². The summed E-state index contributed by atoms with van der Waals surface area (Å²) in [4.78, 5) is 0. The van der Waals surface area contributed by atoms with Gasteiger partial charge in [0.05, 0.1) is 0 Å². The quantitative estimate of drug-likeness (QED) is 0.118. The molecule has 0 aliphatic heterocycles. The Morgan fingerprint density at radius 3 is 1.00 bits per heavy atom.